The predicted octanol–water partition coefficient (Wildman–Crippen LogP) is 0.881. The van der Waals surface area contributed by atoms with E-state index in [1.165, 1.54) is 12.1 Å². The van der Waals surface area contributed by atoms with Crippen molar-refractivity contribution in [1.82, 2.24) is 5.43 Å². The van der Waals surface area contributed by atoms with Gasteiger partial charge in [0.05, 0.1) is 17.3 Å². The largest absolute Gasteiger partial charge is 0.374 e. The highest BCUT2D eigenvalue weighted by molar-refractivity contribution is 6.31. The van der Waals surface area contributed by atoms with E-state index in [1.807, 2.05) is 5.43 Å². The molecule has 0 saturated heterocycles. The standard InChI is InChI=1S/C8H9ClFN3O/c9-5-2-1-3-6(8(5)10)12-4-7(14)13-11/h1-3,12H,4,11H2,(H,13,14). The molecule has 14 heavy (non-hydrogen) atoms. The van der Waals surface area contributed by atoms with Gasteiger partial charge in [-0.1, -0.05) is 17.7 Å². The van der Waals surface area contributed by atoms with Crippen molar-refractivity contribution in [2.75, 3.05) is 11.9 Å². The lowest BCUT2D eigenvalue weighted by atomic mass is 10.3. The molecule has 0 heterocycles. The van der Waals surface area contributed by atoms with Crippen LogP contribution in [0.3, 0.4) is 0 Å². The molecule has 1 aromatic carbocycles. The Balaban J connectivity index is 2.68. The fourth-order valence-corrected chi connectivity index (χ4v) is 1.04. The maximum atomic E-state index is 13.2. The van der Waals surface area contributed by atoms with Crippen molar-refractivity contribution in [3.8, 4) is 0 Å². The highest BCUT2D eigenvalue weighted by Crippen LogP contribution is 2.21. The highest BCUT2D eigenvalue weighted by atomic mass is 35.5. The van der Waals surface area contributed by atoms with Crippen LogP contribution < -0.4 is 16.6 Å². The van der Waals surface area contributed by atoms with Crippen molar-refractivity contribution in [2.24, 2.45) is 5.84 Å². The lowest BCUT2D eigenvalue weighted by molar-refractivity contribution is -0.119. The van der Waals surface area contributed by atoms with Crippen LogP contribution in [0.2, 0.25) is 5.02 Å². The van der Waals surface area contributed by atoms with Crippen LogP contribution >= 0.6 is 11.6 Å². The Morgan fingerprint density at radius 1 is 1.57 bits per heavy atom. The van der Waals surface area contributed by atoms with Crippen molar-refractivity contribution in [1.29, 1.82) is 0 Å². The summed E-state index contributed by atoms with van der Waals surface area (Å²) in [7, 11) is 0. The topological polar surface area (TPSA) is 67.1 Å². The molecule has 6 heteroatoms. The second-order valence-electron chi connectivity index (χ2n) is 2.52. The van der Waals surface area contributed by atoms with E-state index >= 15 is 0 Å². The van der Waals surface area contributed by atoms with Crippen molar-refractivity contribution in [3.63, 3.8) is 0 Å². The molecule has 0 atom stereocenters. The van der Waals surface area contributed by atoms with Crippen LogP contribution in [0.1, 0.15) is 0 Å². The molecule has 0 saturated carbocycles. The number of nitrogens with two attached hydrogens (primary N) is 1. The number of anilines is 1. The first-order valence-electron chi connectivity index (χ1n) is 3.82. The van der Waals surface area contributed by atoms with Gasteiger partial charge < -0.3 is 5.32 Å². The van der Waals surface area contributed by atoms with Crippen LogP contribution in [0.4, 0.5) is 10.1 Å². The summed E-state index contributed by atoms with van der Waals surface area (Å²) in [5.74, 6) is 3.82. The van der Waals surface area contributed by atoms with Crippen molar-refractivity contribution in [3.05, 3.63) is 29.0 Å². The van der Waals surface area contributed by atoms with Crippen molar-refractivity contribution in [2.45, 2.75) is 0 Å². The van der Waals surface area contributed by atoms with E-state index in [1.54, 1.807) is 6.07 Å². The average molecular weight is 218 g/mol. The number of hydrogen-bond acceptors (Lipinski definition) is 3. The Morgan fingerprint density at radius 3 is 2.93 bits per heavy atom. The third-order valence-electron chi connectivity index (χ3n) is 1.55. The minimum absolute atomic E-state index is 0.00292. The minimum atomic E-state index is -0.584. The molecule has 1 rings (SSSR count). The Bertz CT molecular complexity index is 345. The van der Waals surface area contributed by atoms with Gasteiger partial charge in [0.2, 0.25) is 0 Å². The smallest absolute Gasteiger partial charge is 0.253 e. The van der Waals surface area contributed by atoms with Crippen LogP contribution in [0.5, 0.6) is 0 Å². The normalized spacial score (nSPS) is 9.64. The van der Waals surface area contributed by atoms with E-state index in [4.69, 9.17) is 17.4 Å². The molecule has 0 aliphatic heterocycles. The molecule has 1 aromatic rings. The first-order valence-corrected chi connectivity index (χ1v) is 4.20. The number of carbonyl (C=O) groups is 1. The SMILES string of the molecule is NNC(=O)CNc1cccc(Cl)c1F. The maximum absolute atomic E-state index is 13.2. The van der Waals surface area contributed by atoms with Gasteiger partial charge in [0.15, 0.2) is 5.82 Å². The van der Waals surface area contributed by atoms with Gasteiger partial charge >= 0.3 is 0 Å². The van der Waals surface area contributed by atoms with E-state index in [2.05, 4.69) is 5.32 Å². The molecule has 0 aliphatic rings. The van der Waals surface area contributed by atoms with Crippen LogP contribution in [0.15, 0.2) is 18.2 Å². The lowest BCUT2D eigenvalue weighted by Gasteiger charge is -2.06. The molecule has 76 valence electrons. The van der Waals surface area contributed by atoms with Gasteiger partial charge in [-0.15, -0.1) is 0 Å². The summed E-state index contributed by atoms with van der Waals surface area (Å²) in [4.78, 5) is 10.7. The van der Waals surface area contributed by atoms with Gasteiger partial charge in [-0.2, -0.15) is 0 Å². The number of halogens is 2. The number of hydrazine groups is 1. The van der Waals surface area contributed by atoms with Gasteiger partial charge in [-0.05, 0) is 12.1 Å². The summed E-state index contributed by atoms with van der Waals surface area (Å²) in [6.45, 7) is -0.103. The fourth-order valence-electron chi connectivity index (χ4n) is 0.867. The lowest BCUT2D eigenvalue weighted by Crippen LogP contribution is -2.35. The number of amides is 1. The van der Waals surface area contributed by atoms with E-state index < -0.39 is 11.7 Å². The summed E-state index contributed by atoms with van der Waals surface area (Å²) < 4.78 is 13.2. The highest BCUT2D eigenvalue weighted by Gasteiger charge is 2.06. The molecule has 1 amide bonds. The molecule has 4 nitrogen and oxygen atoms in total. The summed E-state index contributed by atoms with van der Waals surface area (Å²) in [6.07, 6.45) is 0. The number of carbonyl (C=O) groups excluding carboxylic acids is 1. The van der Waals surface area contributed by atoms with Crippen LogP contribution in [-0.4, -0.2) is 12.5 Å². The van der Waals surface area contributed by atoms with Crippen molar-refractivity contribution < 1.29 is 9.18 Å². The molecule has 0 fully saturated rings. The van der Waals surface area contributed by atoms with Crippen molar-refractivity contribution >= 4 is 23.2 Å². The van der Waals surface area contributed by atoms with E-state index in [0.717, 1.165) is 0 Å². The molecule has 4 N–H and O–H groups in total. The van der Waals surface area contributed by atoms with E-state index in [-0.39, 0.29) is 17.3 Å². The number of benzene rings is 1. The maximum Gasteiger partial charge on any atom is 0.253 e. The summed E-state index contributed by atoms with van der Waals surface area (Å²) in [6, 6.07) is 4.48. The summed E-state index contributed by atoms with van der Waals surface area (Å²) >= 11 is 5.52. The summed E-state index contributed by atoms with van der Waals surface area (Å²) in [5, 5.41) is 2.56. The molecule has 0 unspecified atom stereocenters. The third kappa shape index (κ3) is 2.58. The Morgan fingerprint density at radius 2 is 2.29 bits per heavy atom. The Hall–Kier alpha value is -1.33. The fraction of sp³-hybridized carbons (Fsp3) is 0.125. The second-order valence-corrected chi connectivity index (χ2v) is 2.93. The first kappa shape index (κ1) is 10.7. The molecule has 0 aliphatic carbocycles. The zero-order valence-electron chi connectivity index (χ0n) is 7.18. The quantitative estimate of drug-likeness (QED) is 0.400. The average Bonchev–Trinajstić information content (AvgIpc) is 2.20. The zero-order valence-corrected chi connectivity index (χ0v) is 7.94. The molecule has 0 radical (unpaired) electrons. The van der Waals surface area contributed by atoms with E-state index in [9.17, 15) is 9.18 Å². The van der Waals surface area contributed by atoms with Gasteiger partial charge in [0.1, 0.15) is 0 Å². The summed E-state index contributed by atoms with van der Waals surface area (Å²) in [5.41, 5.74) is 2.08. The van der Waals surface area contributed by atoms with Gasteiger partial charge in [0.25, 0.3) is 5.91 Å². The van der Waals surface area contributed by atoms with Crippen LogP contribution in [0.25, 0.3) is 0 Å². The second kappa shape index (κ2) is 4.78. The van der Waals surface area contributed by atoms with Gasteiger partial charge in [-0.25, -0.2) is 10.2 Å². The third-order valence-corrected chi connectivity index (χ3v) is 1.84. The predicted molar refractivity (Wildman–Crippen MR) is 52.2 cm³/mol. The minimum Gasteiger partial charge on any atom is -0.374 e. The van der Waals surface area contributed by atoms with Crippen LogP contribution in [-0.2, 0) is 4.79 Å². The molecule has 0 aromatic heterocycles. The Kier molecular flexibility index (Phi) is 3.67. The van der Waals surface area contributed by atoms with E-state index in [0.29, 0.717) is 0 Å². The number of hydrogen-bond donors (Lipinski definition) is 3. The van der Waals surface area contributed by atoms with Crippen LogP contribution in [0, 0.1) is 5.82 Å². The number of nitrogens with one attached hydrogen (secondary N) is 2. The molecule has 0 spiro atoms. The first-order chi connectivity index (χ1) is 6.65. The molecular weight excluding hydrogens is 209 g/mol. The monoisotopic (exact) mass is 217 g/mol. The van der Waals surface area contributed by atoms with Gasteiger partial charge in [-0.3, -0.25) is 10.2 Å². The number of rotatable bonds is 3. The molecule has 0 bridgehead atoms. The molecular formula is C8H9ClFN3O. The zero-order chi connectivity index (χ0) is 10.6. The van der Waals surface area contributed by atoms with Gasteiger partial charge in [0, 0.05) is 0 Å². The Labute approximate surface area is 85.2 Å².